The standard InChI is InChI=1S/C17H22N2O2S/c1-11(2)21-15-7-5-14(6-8-15)19-17(20)10-9-16-12(3)18-13(4)22-16/h5-8,11H,9-10H2,1-4H3,(H,19,20). The third-order valence-corrected chi connectivity index (χ3v) is 4.22. The minimum absolute atomic E-state index is 0.0166. The molecule has 5 heteroatoms. The quantitative estimate of drug-likeness (QED) is 0.871. The normalized spacial score (nSPS) is 10.8. The number of ether oxygens (including phenoxy) is 1. The van der Waals surface area contributed by atoms with Crippen LogP contribution in [0.2, 0.25) is 0 Å². The van der Waals surface area contributed by atoms with Crippen LogP contribution in [0.4, 0.5) is 5.69 Å². The zero-order chi connectivity index (χ0) is 16.1. The lowest BCUT2D eigenvalue weighted by Crippen LogP contribution is -2.12. The van der Waals surface area contributed by atoms with Crippen LogP contribution in [-0.4, -0.2) is 17.0 Å². The van der Waals surface area contributed by atoms with Crippen molar-refractivity contribution in [3.63, 3.8) is 0 Å². The van der Waals surface area contributed by atoms with Crippen LogP contribution in [-0.2, 0) is 11.2 Å². The van der Waals surface area contributed by atoms with Gasteiger partial charge in [0.2, 0.25) is 5.91 Å². The van der Waals surface area contributed by atoms with E-state index in [-0.39, 0.29) is 12.0 Å². The Balaban J connectivity index is 1.85. The number of aromatic nitrogens is 1. The Labute approximate surface area is 135 Å². The van der Waals surface area contributed by atoms with E-state index in [1.54, 1.807) is 11.3 Å². The third kappa shape index (κ3) is 4.84. The summed E-state index contributed by atoms with van der Waals surface area (Å²) in [6.07, 6.45) is 1.34. The Morgan fingerprint density at radius 1 is 1.27 bits per heavy atom. The Morgan fingerprint density at radius 3 is 2.50 bits per heavy atom. The van der Waals surface area contributed by atoms with Crippen molar-refractivity contribution in [2.24, 2.45) is 0 Å². The highest BCUT2D eigenvalue weighted by molar-refractivity contribution is 7.11. The molecule has 0 aliphatic heterocycles. The minimum atomic E-state index is 0.0166. The van der Waals surface area contributed by atoms with Crippen LogP contribution in [0.25, 0.3) is 0 Å². The molecule has 1 amide bonds. The molecule has 1 aromatic heterocycles. The van der Waals surface area contributed by atoms with Gasteiger partial charge in [-0.2, -0.15) is 0 Å². The molecular formula is C17H22N2O2S. The molecule has 1 heterocycles. The maximum Gasteiger partial charge on any atom is 0.224 e. The first-order chi connectivity index (χ1) is 10.4. The average Bonchev–Trinajstić information content (AvgIpc) is 2.76. The number of rotatable bonds is 6. The fourth-order valence-corrected chi connectivity index (χ4v) is 3.08. The predicted octanol–water partition coefficient (Wildman–Crippen LogP) is 4.12. The van der Waals surface area contributed by atoms with Crippen molar-refractivity contribution < 1.29 is 9.53 Å². The number of carbonyl (C=O) groups is 1. The number of anilines is 1. The van der Waals surface area contributed by atoms with Crippen molar-refractivity contribution in [1.29, 1.82) is 0 Å². The molecule has 0 saturated carbocycles. The molecule has 0 spiro atoms. The van der Waals surface area contributed by atoms with Crippen LogP contribution in [0, 0.1) is 13.8 Å². The molecule has 4 nitrogen and oxygen atoms in total. The summed E-state index contributed by atoms with van der Waals surface area (Å²) in [6.45, 7) is 7.95. The smallest absolute Gasteiger partial charge is 0.224 e. The maximum atomic E-state index is 12.0. The summed E-state index contributed by atoms with van der Waals surface area (Å²) in [5.74, 6) is 0.826. The lowest BCUT2D eigenvalue weighted by atomic mass is 10.2. The van der Waals surface area contributed by atoms with Crippen LogP contribution in [0.15, 0.2) is 24.3 Å². The summed E-state index contributed by atoms with van der Waals surface area (Å²) in [7, 11) is 0. The fourth-order valence-electron chi connectivity index (χ4n) is 2.14. The minimum Gasteiger partial charge on any atom is -0.491 e. The fraction of sp³-hybridized carbons (Fsp3) is 0.412. The largest absolute Gasteiger partial charge is 0.491 e. The van der Waals surface area contributed by atoms with Crippen LogP contribution >= 0.6 is 11.3 Å². The maximum absolute atomic E-state index is 12.0. The molecule has 0 saturated heterocycles. The van der Waals surface area contributed by atoms with E-state index in [2.05, 4.69) is 10.3 Å². The van der Waals surface area contributed by atoms with E-state index in [9.17, 15) is 4.79 Å². The SMILES string of the molecule is Cc1nc(C)c(CCC(=O)Nc2ccc(OC(C)C)cc2)s1. The van der Waals surface area contributed by atoms with Crippen molar-refractivity contribution in [1.82, 2.24) is 4.98 Å². The molecule has 0 bridgehead atoms. The molecule has 0 radical (unpaired) electrons. The molecule has 1 aromatic carbocycles. The van der Waals surface area contributed by atoms with Crippen molar-refractivity contribution in [3.05, 3.63) is 39.8 Å². The Hall–Kier alpha value is -1.88. The number of thiazole rings is 1. The van der Waals surface area contributed by atoms with Gasteiger partial charge in [0, 0.05) is 17.0 Å². The number of hydrogen-bond donors (Lipinski definition) is 1. The number of nitrogens with one attached hydrogen (secondary N) is 1. The highest BCUT2D eigenvalue weighted by Gasteiger charge is 2.08. The van der Waals surface area contributed by atoms with Gasteiger partial charge in [0.25, 0.3) is 0 Å². The van der Waals surface area contributed by atoms with Gasteiger partial charge in [-0.3, -0.25) is 4.79 Å². The molecular weight excluding hydrogens is 296 g/mol. The molecule has 118 valence electrons. The molecule has 0 aliphatic rings. The third-order valence-electron chi connectivity index (χ3n) is 3.09. The van der Waals surface area contributed by atoms with Crippen LogP contribution in [0.3, 0.4) is 0 Å². The van der Waals surface area contributed by atoms with Crippen LogP contribution in [0.5, 0.6) is 5.75 Å². The van der Waals surface area contributed by atoms with Gasteiger partial charge < -0.3 is 10.1 Å². The first-order valence-corrected chi connectivity index (χ1v) is 8.25. The monoisotopic (exact) mass is 318 g/mol. The van der Waals surface area contributed by atoms with Gasteiger partial charge in [0.1, 0.15) is 5.75 Å². The summed E-state index contributed by atoms with van der Waals surface area (Å²) in [6, 6.07) is 7.45. The highest BCUT2D eigenvalue weighted by Crippen LogP contribution is 2.20. The van der Waals surface area contributed by atoms with Gasteiger partial charge in [-0.25, -0.2) is 4.98 Å². The molecule has 22 heavy (non-hydrogen) atoms. The predicted molar refractivity (Wildman–Crippen MR) is 90.7 cm³/mol. The molecule has 0 fully saturated rings. The highest BCUT2D eigenvalue weighted by atomic mass is 32.1. The van der Waals surface area contributed by atoms with Gasteiger partial charge in [-0.15, -0.1) is 11.3 Å². The van der Waals surface area contributed by atoms with Crippen molar-refractivity contribution >= 4 is 22.9 Å². The first-order valence-electron chi connectivity index (χ1n) is 7.43. The second kappa shape index (κ2) is 7.40. The Morgan fingerprint density at radius 2 is 1.95 bits per heavy atom. The first kappa shape index (κ1) is 16.5. The Bertz CT molecular complexity index is 633. The number of hydrogen-bond acceptors (Lipinski definition) is 4. The average molecular weight is 318 g/mol. The zero-order valence-corrected chi connectivity index (χ0v) is 14.3. The molecule has 2 aromatic rings. The van der Waals surface area contributed by atoms with Gasteiger partial charge >= 0.3 is 0 Å². The van der Waals surface area contributed by atoms with Crippen LogP contribution < -0.4 is 10.1 Å². The van der Waals surface area contributed by atoms with E-state index < -0.39 is 0 Å². The van der Waals surface area contributed by atoms with Crippen LogP contribution in [0.1, 0.15) is 35.8 Å². The second-order valence-corrected chi connectivity index (χ2v) is 6.77. The number of benzene rings is 1. The summed E-state index contributed by atoms with van der Waals surface area (Å²) in [5.41, 5.74) is 1.82. The second-order valence-electron chi connectivity index (χ2n) is 5.48. The lowest BCUT2D eigenvalue weighted by Gasteiger charge is -2.10. The van der Waals surface area contributed by atoms with E-state index in [1.807, 2.05) is 52.0 Å². The number of nitrogens with zero attached hydrogens (tertiary/aromatic N) is 1. The topological polar surface area (TPSA) is 51.2 Å². The van der Waals surface area contributed by atoms with Crippen molar-refractivity contribution in [2.45, 2.75) is 46.6 Å². The molecule has 2 rings (SSSR count). The summed E-state index contributed by atoms with van der Waals surface area (Å²) in [5, 5.41) is 3.96. The van der Waals surface area contributed by atoms with E-state index in [0.717, 1.165) is 28.6 Å². The van der Waals surface area contributed by atoms with Crippen molar-refractivity contribution in [3.8, 4) is 5.75 Å². The zero-order valence-electron chi connectivity index (χ0n) is 13.5. The van der Waals surface area contributed by atoms with E-state index >= 15 is 0 Å². The number of aryl methyl sites for hydroxylation is 3. The summed E-state index contributed by atoms with van der Waals surface area (Å²) >= 11 is 1.66. The van der Waals surface area contributed by atoms with Gasteiger partial charge in [-0.05, 0) is 58.4 Å². The van der Waals surface area contributed by atoms with E-state index in [4.69, 9.17) is 4.74 Å². The molecule has 0 aliphatic carbocycles. The summed E-state index contributed by atoms with van der Waals surface area (Å²) < 4.78 is 5.58. The number of carbonyl (C=O) groups excluding carboxylic acids is 1. The lowest BCUT2D eigenvalue weighted by molar-refractivity contribution is -0.116. The number of amides is 1. The van der Waals surface area contributed by atoms with E-state index in [1.165, 1.54) is 4.88 Å². The van der Waals surface area contributed by atoms with E-state index in [0.29, 0.717) is 6.42 Å². The summed E-state index contributed by atoms with van der Waals surface area (Å²) in [4.78, 5) is 17.6. The molecule has 0 unspecified atom stereocenters. The molecule has 1 N–H and O–H groups in total. The molecule has 0 atom stereocenters. The van der Waals surface area contributed by atoms with Gasteiger partial charge in [0.05, 0.1) is 16.8 Å². The van der Waals surface area contributed by atoms with Gasteiger partial charge in [0.15, 0.2) is 0 Å². The van der Waals surface area contributed by atoms with Gasteiger partial charge in [-0.1, -0.05) is 0 Å². The van der Waals surface area contributed by atoms with Crippen molar-refractivity contribution in [2.75, 3.05) is 5.32 Å². The Kier molecular flexibility index (Phi) is 5.55.